The molecule has 0 spiro atoms. The van der Waals surface area contributed by atoms with Crippen LogP contribution in [0.4, 0.5) is 0 Å². The largest absolute Gasteiger partial charge is 0.476 e. The van der Waals surface area contributed by atoms with Gasteiger partial charge in [-0.05, 0) is 18.8 Å². The maximum absolute atomic E-state index is 11.2. The fourth-order valence-corrected chi connectivity index (χ4v) is 2.00. The highest BCUT2D eigenvalue weighted by Gasteiger charge is 2.30. The number of aromatic nitrogens is 3. The van der Waals surface area contributed by atoms with E-state index in [0.717, 1.165) is 18.4 Å². The molecule has 0 radical (unpaired) electrons. The van der Waals surface area contributed by atoms with Crippen molar-refractivity contribution in [3.05, 3.63) is 28.7 Å². The van der Waals surface area contributed by atoms with Gasteiger partial charge in [-0.3, -0.25) is 0 Å². The molecule has 2 aromatic heterocycles. The molecule has 0 amide bonds. The number of halogens is 1. The quantitative estimate of drug-likeness (QED) is 0.867. The molecule has 2 heterocycles. The molecule has 3 rings (SSSR count). The third-order valence-electron chi connectivity index (χ3n) is 2.73. The molecule has 1 saturated carbocycles. The first-order valence-electron chi connectivity index (χ1n) is 4.94. The van der Waals surface area contributed by atoms with Gasteiger partial charge in [0, 0.05) is 11.8 Å². The molecule has 16 heavy (non-hydrogen) atoms. The minimum absolute atomic E-state index is 0.180. The zero-order chi connectivity index (χ0) is 11.3. The normalized spacial score (nSPS) is 15.6. The highest BCUT2D eigenvalue weighted by Crippen LogP contribution is 2.41. The molecular formula is C10H8ClN3O2. The van der Waals surface area contributed by atoms with Crippen LogP contribution < -0.4 is 0 Å². The van der Waals surface area contributed by atoms with Crippen molar-refractivity contribution in [3.63, 3.8) is 0 Å². The number of carbonyl (C=O) groups is 1. The van der Waals surface area contributed by atoms with Crippen LogP contribution in [0.25, 0.3) is 5.65 Å². The number of rotatable bonds is 2. The van der Waals surface area contributed by atoms with Gasteiger partial charge in [0.1, 0.15) is 5.02 Å². The molecule has 1 fully saturated rings. The number of hydrogen-bond acceptors (Lipinski definition) is 3. The molecule has 1 aliphatic rings. The van der Waals surface area contributed by atoms with Crippen molar-refractivity contribution in [1.82, 2.24) is 14.6 Å². The molecule has 0 atom stereocenters. The van der Waals surface area contributed by atoms with Gasteiger partial charge in [0.05, 0.1) is 6.20 Å². The van der Waals surface area contributed by atoms with E-state index in [1.807, 2.05) is 0 Å². The molecule has 82 valence electrons. The number of carboxylic acid groups (broad SMARTS) is 1. The SMILES string of the molecule is O=C(O)c1c(C2CC2)cnc2c(Cl)cnn12. The highest BCUT2D eigenvalue weighted by molar-refractivity contribution is 6.33. The third-order valence-corrected chi connectivity index (χ3v) is 3.00. The van der Waals surface area contributed by atoms with Crippen LogP contribution in [0.1, 0.15) is 34.8 Å². The maximum atomic E-state index is 11.2. The predicted octanol–water partition coefficient (Wildman–Crippen LogP) is 1.96. The van der Waals surface area contributed by atoms with Crippen LogP contribution in [0, 0.1) is 0 Å². The molecule has 0 aliphatic heterocycles. The van der Waals surface area contributed by atoms with Crippen molar-refractivity contribution in [3.8, 4) is 0 Å². The molecule has 6 heteroatoms. The third kappa shape index (κ3) is 1.28. The van der Waals surface area contributed by atoms with E-state index >= 15 is 0 Å². The molecule has 1 N–H and O–H groups in total. The van der Waals surface area contributed by atoms with Gasteiger partial charge in [-0.15, -0.1) is 0 Å². The summed E-state index contributed by atoms with van der Waals surface area (Å²) in [6, 6.07) is 0. The van der Waals surface area contributed by atoms with Gasteiger partial charge in [-0.1, -0.05) is 11.6 Å². The summed E-state index contributed by atoms with van der Waals surface area (Å²) in [4.78, 5) is 15.4. The zero-order valence-corrected chi connectivity index (χ0v) is 8.98. The number of fused-ring (bicyclic) bond motifs is 1. The lowest BCUT2D eigenvalue weighted by atomic mass is 10.1. The summed E-state index contributed by atoms with van der Waals surface area (Å²) in [6.07, 6.45) is 5.04. The Balaban J connectivity index is 2.35. The van der Waals surface area contributed by atoms with Gasteiger partial charge >= 0.3 is 5.97 Å². The Labute approximate surface area is 95.7 Å². The van der Waals surface area contributed by atoms with E-state index in [1.54, 1.807) is 6.20 Å². The summed E-state index contributed by atoms with van der Waals surface area (Å²) >= 11 is 5.86. The van der Waals surface area contributed by atoms with Crippen molar-refractivity contribution >= 4 is 23.2 Å². The van der Waals surface area contributed by atoms with Gasteiger partial charge in [-0.2, -0.15) is 5.10 Å². The van der Waals surface area contributed by atoms with Crippen molar-refractivity contribution < 1.29 is 9.90 Å². The van der Waals surface area contributed by atoms with E-state index in [2.05, 4.69) is 10.1 Å². The maximum Gasteiger partial charge on any atom is 0.354 e. The molecule has 2 aromatic rings. The summed E-state index contributed by atoms with van der Waals surface area (Å²) in [5.74, 6) is -0.681. The summed E-state index contributed by atoms with van der Waals surface area (Å²) in [5.41, 5.74) is 1.32. The van der Waals surface area contributed by atoms with Crippen molar-refractivity contribution in [1.29, 1.82) is 0 Å². The fourth-order valence-electron chi connectivity index (χ4n) is 1.82. The van der Waals surface area contributed by atoms with Crippen molar-refractivity contribution in [2.75, 3.05) is 0 Å². The van der Waals surface area contributed by atoms with E-state index < -0.39 is 5.97 Å². The van der Waals surface area contributed by atoms with E-state index in [4.69, 9.17) is 11.6 Å². The number of aromatic carboxylic acids is 1. The Bertz CT molecular complexity index is 589. The molecule has 0 bridgehead atoms. The van der Waals surface area contributed by atoms with Crippen LogP contribution in [0.5, 0.6) is 0 Å². The molecular weight excluding hydrogens is 230 g/mol. The van der Waals surface area contributed by atoms with Gasteiger partial charge in [0.25, 0.3) is 0 Å². The van der Waals surface area contributed by atoms with Crippen LogP contribution in [0.3, 0.4) is 0 Å². The van der Waals surface area contributed by atoms with Crippen LogP contribution >= 0.6 is 11.6 Å². The van der Waals surface area contributed by atoms with E-state index in [-0.39, 0.29) is 5.69 Å². The summed E-state index contributed by atoms with van der Waals surface area (Å²) in [6.45, 7) is 0. The Kier molecular flexibility index (Phi) is 1.91. The topological polar surface area (TPSA) is 67.5 Å². The highest BCUT2D eigenvalue weighted by atomic mass is 35.5. The second kappa shape index (κ2) is 3.18. The van der Waals surface area contributed by atoms with Gasteiger partial charge in [0.15, 0.2) is 11.3 Å². The average molecular weight is 238 g/mol. The second-order valence-corrected chi connectivity index (χ2v) is 4.28. The van der Waals surface area contributed by atoms with Crippen molar-refractivity contribution in [2.45, 2.75) is 18.8 Å². The predicted molar refractivity (Wildman–Crippen MR) is 56.9 cm³/mol. The van der Waals surface area contributed by atoms with Crippen LogP contribution in [-0.2, 0) is 0 Å². The second-order valence-electron chi connectivity index (χ2n) is 3.87. The van der Waals surface area contributed by atoms with Gasteiger partial charge in [-0.25, -0.2) is 14.3 Å². The molecule has 5 nitrogen and oxygen atoms in total. The summed E-state index contributed by atoms with van der Waals surface area (Å²) < 4.78 is 1.30. The monoisotopic (exact) mass is 237 g/mol. The lowest BCUT2D eigenvalue weighted by molar-refractivity contribution is 0.0685. The van der Waals surface area contributed by atoms with E-state index in [0.29, 0.717) is 16.6 Å². The lowest BCUT2D eigenvalue weighted by Gasteiger charge is -2.05. The lowest BCUT2D eigenvalue weighted by Crippen LogP contribution is -2.11. The van der Waals surface area contributed by atoms with Crippen LogP contribution in [0.15, 0.2) is 12.4 Å². The fraction of sp³-hybridized carbons (Fsp3) is 0.300. The van der Waals surface area contributed by atoms with E-state index in [1.165, 1.54) is 10.7 Å². The smallest absolute Gasteiger partial charge is 0.354 e. The first kappa shape index (κ1) is 9.59. The summed E-state index contributed by atoms with van der Waals surface area (Å²) in [5, 5.41) is 13.5. The Morgan fingerprint density at radius 1 is 1.50 bits per heavy atom. The van der Waals surface area contributed by atoms with Gasteiger partial charge < -0.3 is 5.11 Å². The van der Waals surface area contributed by atoms with Gasteiger partial charge in [0.2, 0.25) is 0 Å². The summed E-state index contributed by atoms with van der Waals surface area (Å²) in [7, 11) is 0. The minimum Gasteiger partial charge on any atom is -0.476 e. The zero-order valence-electron chi connectivity index (χ0n) is 8.22. The number of nitrogens with zero attached hydrogens (tertiary/aromatic N) is 3. The molecule has 0 unspecified atom stereocenters. The van der Waals surface area contributed by atoms with Crippen LogP contribution in [0.2, 0.25) is 5.02 Å². The first-order valence-corrected chi connectivity index (χ1v) is 5.31. The molecule has 0 aromatic carbocycles. The first-order chi connectivity index (χ1) is 7.68. The molecule has 1 aliphatic carbocycles. The number of carboxylic acids is 1. The minimum atomic E-state index is -0.992. The van der Waals surface area contributed by atoms with Crippen molar-refractivity contribution in [2.24, 2.45) is 0 Å². The standard InChI is InChI=1S/C10H8ClN3O2/c11-7-4-13-14-8(10(15)16)6(5-1-2-5)3-12-9(7)14/h3-5H,1-2H2,(H,15,16). The van der Waals surface area contributed by atoms with Crippen LogP contribution in [-0.4, -0.2) is 25.7 Å². The number of hydrogen-bond donors (Lipinski definition) is 1. The Morgan fingerprint density at radius 3 is 2.88 bits per heavy atom. The molecule has 0 saturated heterocycles. The van der Waals surface area contributed by atoms with E-state index in [9.17, 15) is 9.90 Å². The Morgan fingerprint density at radius 2 is 2.25 bits per heavy atom. The average Bonchev–Trinajstić information content (AvgIpc) is 3.03. The Hall–Kier alpha value is -1.62.